The molecule has 4 nitrogen and oxygen atoms in total. The van der Waals surface area contributed by atoms with Gasteiger partial charge in [-0.15, -0.1) is 0 Å². The van der Waals surface area contributed by atoms with Crippen molar-refractivity contribution in [3.63, 3.8) is 0 Å². The van der Waals surface area contributed by atoms with Gasteiger partial charge >= 0.3 is 0 Å². The van der Waals surface area contributed by atoms with Gasteiger partial charge in [0, 0.05) is 28.7 Å². The molecule has 0 aliphatic carbocycles. The Hall–Kier alpha value is -3.86. The number of allylic oxidation sites excluding steroid dienone is 1. The molecule has 4 rings (SSSR count). The number of hydrogen-bond donors (Lipinski definition) is 1. The Balaban J connectivity index is 1.66. The average molecular weight is 429 g/mol. The summed E-state index contributed by atoms with van der Waals surface area (Å²) in [7, 11) is 1.58. The van der Waals surface area contributed by atoms with Gasteiger partial charge in [0.1, 0.15) is 17.1 Å². The molecule has 5 heteroatoms. The van der Waals surface area contributed by atoms with Crippen molar-refractivity contribution in [3.8, 4) is 16.9 Å². The van der Waals surface area contributed by atoms with Crippen LogP contribution in [0.5, 0.6) is 5.75 Å². The summed E-state index contributed by atoms with van der Waals surface area (Å²) >= 11 is 0. The second kappa shape index (κ2) is 9.10. The minimum absolute atomic E-state index is 0.115. The smallest absolute Gasteiger partial charge is 0.244 e. The third-order valence-corrected chi connectivity index (χ3v) is 5.48. The lowest BCUT2D eigenvalue weighted by Gasteiger charge is -2.14. The molecule has 1 aromatic heterocycles. The lowest BCUT2D eigenvalue weighted by Crippen LogP contribution is -2.24. The number of halogens is 1. The van der Waals surface area contributed by atoms with E-state index in [4.69, 9.17) is 9.15 Å². The number of carbonyl (C=O) groups excluding carboxylic acids is 1. The minimum Gasteiger partial charge on any atom is -0.496 e. The molecule has 4 aromatic rings. The standard InChI is InChI=1S/C27H24FNO3/c1-17(13-27(30)29-18(2)19-7-5-4-6-8-19)22-14-23-24(20-9-11-21(28)12-10-20)16-32-26(23)15-25(22)31-3/h4-16,18H,1-3H3,(H,29,30)/b17-13+. The second-order valence-electron chi connectivity index (χ2n) is 7.67. The van der Waals surface area contributed by atoms with E-state index in [1.165, 1.54) is 12.1 Å². The van der Waals surface area contributed by atoms with Crippen LogP contribution in [0.1, 0.15) is 31.0 Å². The van der Waals surface area contributed by atoms with Gasteiger partial charge in [0.25, 0.3) is 0 Å². The van der Waals surface area contributed by atoms with Crippen LogP contribution in [-0.2, 0) is 4.79 Å². The Morgan fingerprint density at radius 1 is 1.09 bits per heavy atom. The summed E-state index contributed by atoms with van der Waals surface area (Å²) in [6.07, 6.45) is 3.22. The van der Waals surface area contributed by atoms with E-state index in [1.54, 1.807) is 37.6 Å². The molecule has 0 aliphatic rings. The Kier molecular flexibility index (Phi) is 6.08. The maximum Gasteiger partial charge on any atom is 0.244 e. The van der Waals surface area contributed by atoms with Crippen LogP contribution in [0.4, 0.5) is 4.39 Å². The van der Waals surface area contributed by atoms with Gasteiger partial charge in [-0.2, -0.15) is 0 Å². The zero-order chi connectivity index (χ0) is 22.7. The number of carbonyl (C=O) groups is 1. The number of nitrogens with one attached hydrogen (secondary N) is 1. The summed E-state index contributed by atoms with van der Waals surface area (Å²) in [5, 5.41) is 3.86. The quantitative estimate of drug-likeness (QED) is 0.355. The van der Waals surface area contributed by atoms with Gasteiger partial charge in [-0.05, 0) is 48.7 Å². The molecule has 0 spiro atoms. The Morgan fingerprint density at radius 3 is 2.50 bits per heavy atom. The van der Waals surface area contributed by atoms with Crippen molar-refractivity contribution in [1.29, 1.82) is 0 Å². The monoisotopic (exact) mass is 429 g/mol. The predicted molar refractivity (Wildman–Crippen MR) is 125 cm³/mol. The van der Waals surface area contributed by atoms with E-state index in [0.717, 1.165) is 33.2 Å². The van der Waals surface area contributed by atoms with Crippen LogP contribution in [0, 0.1) is 5.82 Å². The molecule has 0 radical (unpaired) electrons. The first-order chi connectivity index (χ1) is 15.5. The molecule has 0 fully saturated rings. The van der Waals surface area contributed by atoms with Gasteiger partial charge in [-0.3, -0.25) is 4.79 Å². The Labute approximate surface area is 186 Å². The molecule has 1 amide bonds. The number of benzene rings is 3. The largest absolute Gasteiger partial charge is 0.496 e. The fourth-order valence-electron chi connectivity index (χ4n) is 3.74. The van der Waals surface area contributed by atoms with E-state index >= 15 is 0 Å². The Bertz CT molecular complexity index is 1270. The van der Waals surface area contributed by atoms with Crippen LogP contribution in [-0.4, -0.2) is 13.0 Å². The summed E-state index contributed by atoms with van der Waals surface area (Å²) in [5.41, 5.74) is 4.92. The number of rotatable bonds is 6. The van der Waals surface area contributed by atoms with Gasteiger partial charge in [0.05, 0.1) is 19.4 Å². The van der Waals surface area contributed by atoms with Gasteiger partial charge in [-0.1, -0.05) is 42.5 Å². The zero-order valence-electron chi connectivity index (χ0n) is 18.2. The predicted octanol–water partition coefficient (Wildman–Crippen LogP) is 6.53. The van der Waals surface area contributed by atoms with E-state index in [0.29, 0.717) is 11.3 Å². The summed E-state index contributed by atoms with van der Waals surface area (Å²) in [6.45, 7) is 3.82. The van der Waals surface area contributed by atoms with Crippen LogP contribution in [0.2, 0.25) is 0 Å². The first kappa shape index (κ1) is 21.4. The third kappa shape index (κ3) is 4.42. The minimum atomic E-state index is -0.293. The molecule has 1 heterocycles. The summed E-state index contributed by atoms with van der Waals surface area (Å²) in [4.78, 5) is 12.7. The van der Waals surface area contributed by atoms with E-state index in [1.807, 2.05) is 50.2 Å². The summed E-state index contributed by atoms with van der Waals surface area (Å²) in [6, 6.07) is 19.7. The lowest BCUT2D eigenvalue weighted by atomic mass is 9.99. The van der Waals surface area contributed by atoms with Gasteiger partial charge < -0.3 is 14.5 Å². The SMILES string of the molecule is COc1cc2occ(-c3ccc(F)cc3)c2cc1/C(C)=C/C(=O)NC(C)c1ccccc1. The highest BCUT2D eigenvalue weighted by Crippen LogP contribution is 2.37. The van der Waals surface area contributed by atoms with Crippen molar-refractivity contribution in [2.24, 2.45) is 0 Å². The fourth-order valence-corrected chi connectivity index (χ4v) is 3.74. The van der Waals surface area contributed by atoms with Crippen molar-refractivity contribution in [2.45, 2.75) is 19.9 Å². The fraction of sp³-hybridized carbons (Fsp3) is 0.148. The van der Waals surface area contributed by atoms with E-state index in [-0.39, 0.29) is 17.8 Å². The third-order valence-electron chi connectivity index (χ3n) is 5.48. The van der Waals surface area contributed by atoms with Crippen molar-refractivity contribution in [3.05, 3.63) is 96.0 Å². The lowest BCUT2D eigenvalue weighted by molar-refractivity contribution is -0.117. The van der Waals surface area contributed by atoms with Gasteiger partial charge in [0.2, 0.25) is 5.91 Å². The number of fused-ring (bicyclic) bond motifs is 1. The maximum atomic E-state index is 13.3. The van der Waals surface area contributed by atoms with E-state index in [2.05, 4.69) is 5.32 Å². The number of hydrogen-bond acceptors (Lipinski definition) is 3. The van der Waals surface area contributed by atoms with E-state index < -0.39 is 0 Å². The average Bonchev–Trinajstić information content (AvgIpc) is 3.22. The molecular formula is C27H24FNO3. The summed E-state index contributed by atoms with van der Waals surface area (Å²) < 4.78 is 24.6. The van der Waals surface area contributed by atoms with Crippen LogP contribution < -0.4 is 10.1 Å². The van der Waals surface area contributed by atoms with Crippen molar-refractivity contribution < 1.29 is 18.3 Å². The highest BCUT2D eigenvalue weighted by atomic mass is 19.1. The Morgan fingerprint density at radius 2 is 1.81 bits per heavy atom. The highest BCUT2D eigenvalue weighted by molar-refractivity contribution is 6.00. The topological polar surface area (TPSA) is 51.5 Å². The molecule has 32 heavy (non-hydrogen) atoms. The molecule has 162 valence electrons. The first-order valence-corrected chi connectivity index (χ1v) is 10.4. The van der Waals surface area contributed by atoms with Crippen LogP contribution in [0.3, 0.4) is 0 Å². The first-order valence-electron chi connectivity index (χ1n) is 10.4. The summed E-state index contributed by atoms with van der Waals surface area (Å²) in [5.74, 6) is 0.126. The maximum absolute atomic E-state index is 13.3. The molecule has 0 aliphatic heterocycles. The number of amides is 1. The van der Waals surface area contributed by atoms with Crippen molar-refractivity contribution in [1.82, 2.24) is 5.32 Å². The molecule has 1 N–H and O–H groups in total. The number of ether oxygens (including phenoxy) is 1. The van der Waals surface area contributed by atoms with Gasteiger partial charge in [-0.25, -0.2) is 4.39 Å². The van der Waals surface area contributed by atoms with Gasteiger partial charge in [0.15, 0.2) is 0 Å². The molecule has 1 unspecified atom stereocenters. The van der Waals surface area contributed by atoms with E-state index in [9.17, 15) is 9.18 Å². The normalized spacial score (nSPS) is 12.6. The second-order valence-corrected chi connectivity index (χ2v) is 7.67. The number of furan rings is 1. The van der Waals surface area contributed by atoms with Crippen molar-refractivity contribution in [2.75, 3.05) is 7.11 Å². The highest BCUT2D eigenvalue weighted by Gasteiger charge is 2.15. The number of methoxy groups -OCH3 is 1. The molecular weight excluding hydrogens is 405 g/mol. The molecule has 1 atom stereocenters. The molecule has 0 saturated carbocycles. The molecule has 0 saturated heterocycles. The molecule has 3 aromatic carbocycles. The molecule has 0 bridgehead atoms. The zero-order valence-corrected chi connectivity index (χ0v) is 18.2. The van der Waals surface area contributed by atoms with Crippen LogP contribution in [0.25, 0.3) is 27.7 Å². The van der Waals surface area contributed by atoms with Crippen molar-refractivity contribution >= 4 is 22.4 Å². The van der Waals surface area contributed by atoms with Crippen LogP contribution in [0.15, 0.2) is 83.5 Å². The van der Waals surface area contributed by atoms with Crippen LogP contribution >= 0.6 is 0 Å².